The molecule has 526 valence electrons. The first-order valence-corrected chi connectivity index (χ1v) is 29.9. The number of alkyl halides is 12. The fourth-order valence-corrected chi connectivity index (χ4v) is 9.43. The van der Waals surface area contributed by atoms with E-state index in [-0.39, 0.29) is 41.7 Å². The molecule has 0 aliphatic rings. The lowest BCUT2D eigenvalue weighted by atomic mass is 10.1. The maximum atomic E-state index is 12.6. The van der Waals surface area contributed by atoms with Crippen molar-refractivity contribution in [2.45, 2.75) is 26.0 Å². The van der Waals surface area contributed by atoms with Gasteiger partial charge in [0.2, 0.25) is 24.2 Å². The number of nitrogen functional groups attached to an aromatic ring is 1. The van der Waals surface area contributed by atoms with Crippen LogP contribution in [-0.2, 0) is 18.5 Å². The van der Waals surface area contributed by atoms with Crippen LogP contribution in [0.15, 0.2) is 241 Å². The van der Waals surface area contributed by atoms with Gasteiger partial charge >= 0.3 is 24.2 Å². The van der Waals surface area contributed by atoms with Gasteiger partial charge in [0.15, 0.2) is 16.9 Å². The van der Waals surface area contributed by atoms with Gasteiger partial charge in [-0.2, -0.15) is 39.5 Å². The molecule has 15 aromatic rings. The SMILES string of the molecule is C.COc1ccc(C(F)(F)F)cc1.ClCCl.FC(F)(F)c1ccc(-c2nc3c(ccc4cnccc43)o2)cc1.Nc1c(O)ccc2cnccc12.O=[N+]([O-])c1c(O)ccc2cnccc12.O[n+]1ccc2c(ccc3oc(-c4ccc(C(F)(F)F)cc4)nc32)c1.Oc1ccc2cnccc2c1.[2H]CF. The summed E-state index contributed by atoms with van der Waals surface area (Å²) < 4.78 is 144. The fourth-order valence-electron chi connectivity index (χ4n) is 9.43. The molecule has 0 saturated carbocycles. The van der Waals surface area contributed by atoms with Crippen molar-refractivity contribution in [3.05, 3.63) is 259 Å². The first-order chi connectivity index (χ1) is 48.6. The zero-order valence-electron chi connectivity index (χ0n) is 52.9. The largest absolute Gasteiger partial charge is 0.508 e. The zero-order chi connectivity index (χ0) is 73.9. The summed E-state index contributed by atoms with van der Waals surface area (Å²) in [6.07, 6.45) is 3.19. The molecule has 0 spiro atoms. The highest BCUT2D eigenvalue weighted by Gasteiger charge is 2.32. The van der Waals surface area contributed by atoms with Crippen molar-refractivity contribution < 1.29 is 89.0 Å². The molecule has 8 aromatic carbocycles. The van der Waals surface area contributed by atoms with Gasteiger partial charge in [0.1, 0.15) is 28.3 Å². The number of pyridine rings is 5. The smallest absolute Gasteiger partial charge is 0.416 e. The maximum Gasteiger partial charge on any atom is 0.416 e. The van der Waals surface area contributed by atoms with E-state index in [1.54, 1.807) is 97.8 Å². The normalized spacial score (nSPS) is 11.0. The van der Waals surface area contributed by atoms with Crippen LogP contribution in [0.5, 0.6) is 23.0 Å². The Labute approximate surface area is 582 Å². The summed E-state index contributed by atoms with van der Waals surface area (Å²) in [5, 5.41) is 56.2. The zero-order valence-corrected chi connectivity index (χ0v) is 53.4. The highest BCUT2D eigenvalue weighted by atomic mass is 35.5. The van der Waals surface area contributed by atoms with Crippen LogP contribution in [0.4, 0.5) is 55.3 Å². The average molecular weight is 1450 g/mol. The molecule has 0 amide bonds. The second-order valence-electron chi connectivity index (χ2n) is 20.6. The number of aromatic nitrogens is 7. The number of fused-ring (bicyclic) bond motifs is 9. The average Bonchev–Trinajstić information content (AvgIpc) is 1.63. The number of phenolic OH excluding ortho intramolecular Hbond substituents is 3. The van der Waals surface area contributed by atoms with E-state index in [9.17, 15) is 69.4 Å². The number of oxazole rings is 2. The van der Waals surface area contributed by atoms with E-state index in [0.717, 1.165) is 84.2 Å². The molecule has 6 N–H and O–H groups in total. The fraction of sp³-hybridized carbons (Fsp3) is 0.0972. The van der Waals surface area contributed by atoms with E-state index in [1.807, 2.05) is 24.3 Å². The highest BCUT2D eigenvalue weighted by molar-refractivity contribution is 6.40. The van der Waals surface area contributed by atoms with Crippen molar-refractivity contribution >= 4 is 111 Å². The van der Waals surface area contributed by atoms with E-state index >= 15 is 0 Å². The van der Waals surface area contributed by atoms with Crippen molar-refractivity contribution in [2.24, 2.45) is 0 Å². The molecule has 0 bridgehead atoms. The number of ether oxygens (including phenoxy) is 1. The lowest BCUT2D eigenvalue weighted by Crippen LogP contribution is -2.27. The number of benzene rings is 8. The summed E-state index contributed by atoms with van der Waals surface area (Å²) in [5.74, 6) is 1.04. The van der Waals surface area contributed by atoms with Gasteiger partial charge in [0.25, 0.3) is 0 Å². The summed E-state index contributed by atoms with van der Waals surface area (Å²) in [6, 6.07) is 41.2. The van der Waals surface area contributed by atoms with Crippen LogP contribution < -0.4 is 15.2 Å². The van der Waals surface area contributed by atoms with Crippen LogP contribution in [0.1, 0.15) is 25.5 Å². The molecule has 0 unspecified atom stereocenters. The molecule has 18 nitrogen and oxygen atoms in total. The van der Waals surface area contributed by atoms with Crippen molar-refractivity contribution in [1.82, 2.24) is 29.9 Å². The molecule has 30 heteroatoms. The first kappa shape index (κ1) is 75.6. The third-order valence-corrected chi connectivity index (χ3v) is 14.2. The minimum atomic E-state index is -4.38. The molecule has 0 saturated heterocycles. The van der Waals surface area contributed by atoms with Crippen molar-refractivity contribution in [3.8, 4) is 45.9 Å². The Morgan fingerprint density at radius 3 is 1.41 bits per heavy atom. The number of anilines is 1. The Hall–Kier alpha value is -12.2. The molecule has 0 aliphatic carbocycles. The monoisotopic (exact) mass is 1450 g/mol. The summed E-state index contributed by atoms with van der Waals surface area (Å²) in [5.41, 5.74) is 7.00. The molecule has 102 heavy (non-hydrogen) atoms. The van der Waals surface area contributed by atoms with Crippen LogP contribution in [-0.4, -0.2) is 75.0 Å². The molecule has 7 aromatic heterocycles. The summed E-state index contributed by atoms with van der Waals surface area (Å²) in [4.78, 5) is 34.7. The van der Waals surface area contributed by atoms with Crippen LogP contribution in [0.3, 0.4) is 0 Å². The van der Waals surface area contributed by atoms with E-state index < -0.39 is 47.3 Å². The maximum absolute atomic E-state index is 12.6. The highest BCUT2D eigenvalue weighted by Crippen LogP contribution is 2.37. The first-order valence-electron chi connectivity index (χ1n) is 29.5. The number of methoxy groups -OCH3 is 1. The third kappa shape index (κ3) is 19.6. The van der Waals surface area contributed by atoms with E-state index in [4.69, 9.17) is 49.0 Å². The van der Waals surface area contributed by atoms with Crippen molar-refractivity contribution in [3.63, 3.8) is 0 Å². The summed E-state index contributed by atoms with van der Waals surface area (Å²) >= 11 is 9.53. The summed E-state index contributed by atoms with van der Waals surface area (Å²) in [7, 11) is 0.405. The van der Waals surface area contributed by atoms with Gasteiger partial charge in [0, 0.05) is 109 Å². The number of phenols is 3. The van der Waals surface area contributed by atoms with Gasteiger partial charge in [-0.15, -0.1) is 23.2 Å². The number of hydrogen-bond acceptors (Lipinski definition) is 16. The van der Waals surface area contributed by atoms with Crippen LogP contribution >= 0.6 is 23.2 Å². The number of halogens is 12. The number of nitrogens with two attached hydrogens (primary N) is 1. The number of rotatable bonds is 4. The number of nitro groups is 1. The number of hydrogen-bond donors (Lipinski definition) is 5. The second-order valence-corrected chi connectivity index (χ2v) is 21.4. The van der Waals surface area contributed by atoms with Crippen LogP contribution in [0.2, 0.25) is 0 Å². The van der Waals surface area contributed by atoms with Gasteiger partial charge in [-0.3, -0.25) is 39.6 Å². The van der Waals surface area contributed by atoms with E-state index in [2.05, 4.69) is 29.9 Å². The third-order valence-electron chi connectivity index (χ3n) is 14.2. The number of aromatic hydroxyl groups is 3. The Morgan fingerprint density at radius 1 is 0.539 bits per heavy atom. The molecule has 0 aliphatic heterocycles. The lowest BCUT2D eigenvalue weighted by Gasteiger charge is -2.06. The Balaban J connectivity index is 0.000000174. The van der Waals surface area contributed by atoms with Gasteiger partial charge in [-0.25, -0.2) is 9.97 Å². The second kappa shape index (κ2) is 34.6. The molecular weight excluding hydrogens is 1400 g/mol. The predicted octanol–water partition coefficient (Wildman–Crippen LogP) is 19.9. The minimum absolute atomic E-state index is 0. The topological polar surface area (TPSA) is 267 Å². The molecule has 0 radical (unpaired) electrons. The Kier molecular flexibility index (Phi) is 25.6. The van der Waals surface area contributed by atoms with Crippen LogP contribution in [0.25, 0.3) is 99.0 Å². The van der Waals surface area contributed by atoms with Crippen molar-refractivity contribution in [2.75, 3.05) is 25.3 Å². The van der Waals surface area contributed by atoms with Gasteiger partial charge in [-0.1, -0.05) is 7.43 Å². The van der Waals surface area contributed by atoms with Crippen molar-refractivity contribution in [1.29, 1.82) is 0 Å². The molecule has 15 rings (SSSR count). The Morgan fingerprint density at radius 2 is 0.931 bits per heavy atom. The molecule has 0 fully saturated rings. The van der Waals surface area contributed by atoms with E-state index in [0.29, 0.717) is 61.3 Å². The van der Waals surface area contributed by atoms with Gasteiger partial charge in [-0.05, 0) is 169 Å². The van der Waals surface area contributed by atoms with Gasteiger partial charge in [0.05, 0.1) is 59.0 Å². The summed E-state index contributed by atoms with van der Waals surface area (Å²) in [6.45, 7) is 0. The van der Waals surface area contributed by atoms with Crippen LogP contribution in [0, 0.1) is 10.1 Å². The molecular formula is C72H56Cl2F10N9O9+. The number of nitrogens with zero attached hydrogens (tertiary/aromatic N) is 8. The molecule has 7 heterocycles. The van der Waals surface area contributed by atoms with Gasteiger partial charge < -0.3 is 34.6 Å². The van der Waals surface area contributed by atoms with E-state index in [1.165, 1.54) is 80.4 Å². The quantitative estimate of drug-likeness (QED) is 0.0160. The lowest BCUT2D eigenvalue weighted by molar-refractivity contribution is -0.903. The number of nitro benzene ring substituents is 1. The molecule has 0 atom stereocenters. The standard InChI is InChI=1S/C17H10F3N2O2.C17H9F3N2O.C9H6N2O3.C9H8N2O.C9H7NO.C8H7F3O.CH2Cl2.CH3F.CH4/c18-17(19,20)12-4-1-10(2-5-12)16-21-15-13-7-8-22(23)9-11(13)3-6-14(15)24-16;18-17(19,20)12-4-1-10(2-5-12)16-22-15-13-7-8-21-9-11(13)3-6-14(15)23-16;12-8-2-1-6-5-10-4-3-7(6)9(8)11(13)14;10-9-7-3-4-11-5-6(7)1-2-8(9)12;11-9-2-1-8-6-10-4-3-7(8)5-9;1-12-7-4-2-6(3-5-7)8(9,10)11;2-1-3;1-2;/h1-9,23H;1-9H;1-5,12H;1-5,12H,10H2;1-6,11H;2-5H,1H3;1H2;1H3;1H4/q+1;;;;;;;;/i;;;;;;;1D;. The Bertz CT molecular complexity index is 5320. The predicted molar refractivity (Wildman–Crippen MR) is 369 cm³/mol. The minimum Gasteiger partial charge on any atom is -0.508 e.